The van der Waals surface area contributed by atoms with Gasteiger partial charge in [0.25, 0.3) is 5.69 Å². The van der Waals surface area contributed by atoms with Crippen molar-refractivity contribution in [3.8, 4) is 0 Å². The number of nitro groups is 1. The Balaban J connectivity index is 1.83. The topological polar surface area (TPSA) is 55.2 Å². The Morgan fingerprint density at radius 1 is 1.17 bits per heavy atom. The number of nitrogens with zero attached hydrogens (tertiary/aromatic N) is 1. The summed E-state index contributed by atoms with van der Waals surface area (Å²) in [5, 5.41) is 14.9. The number of fused-ring (bicyclic) bond motifs is 3. The molecule has 0 spiro atoms. The number of nitrogens with one attached hydrogen (secondary N) is 1. The van der Waals surface area contributed by atoms with Crippen LogP contribution in [0.1, 0.15) is 29.5 Å². The van der Waals surface area contributed by atoms with Crippen LogP contribution in [0.4, 0.5) is 11.4 Å². The summed E-state index contributed by atoms with van der Waals surface area (Å²) in [5.74, 6) is 0.603. The first-order chi connectivity index (χ1) is 11.1. The van der Waals surface area contributed by atoms with Gasteiger partial charge in [0.1, 0.15) is 0 Å². The summed E-state index contributed by atoms with van der Waals surface area (Å²) < 4.78 is 1.06. The molecule has 1 N–H and O–H groups in total. The van der Waals surface area contributed by atoms with Crippen molar-refractivity contribution in [2.45, 2.75) is 18.4 Å². The lowest BCUT2D eigenvalue weighted by atomic mass is 9.77. The average molecular weight is 371 g/mol. The standard InChI is InChI=1S/C18H15BrN2O2/c19-11-8-9-16-15(10-11)12-5-3-6-13(12)18(20-16)14-4-1-2-7-17(14)21(22)23/h1-5,7-10,12-13,18,20H,6H2/t12-,13-,18+/m0/s1. The molecule has 2 aromatic carbocycles. The van der Waals surface area contributed by atoms with Crippen LogP contribution < -0.4 is 5.32 Å². The molecule has 4 rings (SSSR count). The molecule has 0 bridgehead atoms. The van der Waals surface area contributed by atoms with Crippen LogP contribution in [-0.4, -0.2) is 4.92 Å². The van der Waals surface area contributed by atoms with Crippen molar-refractivity contribution in [1.29, 1.82) is 0 Å². The summed E-state index contributed by atoms with van der Waals surface area (Å²) >= 11 is 3.54. The van der Waals surface area contributed by atoms with Crippen molar-refractivity contribution in [2.24, 2.45) is 5.92 Å². The monoisotopic (exact) mass is 370 g/mol. The Bertz CT molecular complexity index is 818. The minimum absolute atomic E-state index is 0.0507. The predicted molar refractivity (Wildman–Crippen MR) is 93.6 cm³/mol. The Kier molecular flexibility index (Phi) is 3.45. The largest absolute Gasteiger partial charge is 0.377 e. The average Bonchev–Trinajstić information content (AvgIpc) is 3.04. The molecular formula is C18H15BrN2O2. The highest BCUT2D eigenvalue weighted by Gasteiger charge is 2.40. The zero-order valence-electron chi connectivity index (χ0n) is 12.3. The summed E-state index contributed by atoms with van der Waals surface area (Å²) in [5.41, 5.74) is 3.28. The Morgan fingerprint density at radius 2 is 2.00 bits per heavy atom. The maximum absolute atomic E-state index is 11.4. The molecule has 2 aromatic rings. The van der Waals surface area contributed by atoms with E-state index in [0.29, 0.717) is 11.8 Å². The lowest BCUT2D eigenvalue weighted by molar-refractivity contribution is -0.385. The van der Waals surface area contributed by atoms with Crippen molar-refractivity contribution in [3.63, 3.8) is 0 Å². The van der Waals surface area contributed by atoms with Gasteiger partial charge < -0.3 is 5.32 Å². The second-order valence-corrected chi connectivity index (χ2v) is 6.94. The van der Waals surface area contributed by atoms with Gasteiger partial charge in [-0.25, -0.2) is 0 Å². The number of hydrogen-bond donors (Lipinski definition) is 1. The van der Waals surface area contributed by atoms with Crippen LogP contribution >= 0.6 is 15.9 Å². The molecule has 23 heavy (non-hydrogen) atoms. The van der Waals surface area contributed by atoms with Gasteiger partial charge in [0.2, 0.25) is 0 Å². The van der Waals surface area contributed by atoms with E-state index in [1.54, 1.807) is 12.1 Å². The molecule has 0 amide bonds. The molecule has 0 saturated heterocycles. The minimum Gasteiger partial charge on any atom is -0.377 e. The normalized spacial score (nSPS) is 24.7. The smallest absolute Gasteiger partial charge is 0.274 e. The van der Waals surface area contributed by atoms with Crippen molar-refractivity contribution in [3.05, 3.63) is 80.3 Å². The summed E-state index contributed by atoms with van der Waals surface area (Å²) in [7, 11) is 0. The van der Waals surface area contributed by atoms with E-state index < -0.39 is 0 Å². The van der Waals surface area contributed by atoms with E-state index >= 15 is 0 Å². The molecule has 2 aliphatic rings. The second kappa shape index (κ2) is 5.49. The lowest BCUT2D eigenvalue weighted by Gasteiger charge is -2.37. The number of hydrogen-bond acceptors (Lipinski definition) is 3. The van der Waals surface area contributed by atoms with Crippen LogP contribution in [0.3, 0.4) is 0 Å². The van der Waals surface area contributed by atoms with E-state index in [2.05, 4.69) is 39.5 Å². The highest BCUT2D eigenvalue weighted by atomic mass is 79.9. The molecule has 1 aliphatic heterocycles. The van der Waals surface area contributed by atoms with Gasteiger partial charge in [0.05, 0.1) is 16.5 Å². The molecule has 0 fully saturated rings. The molecule has 0 unspecified atom stereocenters. The zero-order valence-corrected chi connectivity index (χ0v) is 13.9. The number of allylic oxidation sites excluding steroid dienone is 2. The van der Waals surface area contributed by atoms with Crippen molar-refractivity contribution >= 4 is 27.3 Å². The highest BCUT2D eigenvalue weighted by Crippen LogP contribution is 2.51. The molecule has 1 aliphatic carbocycles. The zero-order chi connectivity index (χ0) is 16.0. The number of benzene rings is 2. The van der Waals surface area contributed by atoms with Gasteiger partial charge in [-0.3, -0.25) is 10.1 Å². The third kappa shape index (κ3) is 2.36. The predicted octanol–water partition coefficient (Wildman–Crippen LogP) is 5.18. The van der Waals surface area contributed by atoms with E-state index in [-0.39, 0.29) is 16.7 Å². The van der Waals surface area contributed by atoms with Gasteiger partial charge in [0, 0.05) is 22.1 Å². The number of nitro benzene ring substituents is 1. The van der Waals surface area contributed by atoms with E-state index in [0.717, 1.165) is 22.1 Å². The SMILES string of the molecule is O=[N+]([O-])c1ccccc1[C@@H]1Nc2ccc(Br)cc2[C@H]2C=CC[C@@H]21. The first-order valence-corrected chi connectivity index (χ1v) is 8.40. The van der Waals surface area contributed by atoms with Gasteiger partial charge in [-0.15, -0.1) is 0 Å². The quantitative estimate of drug-likeness (QED) is 0.449. The van der Waals surface area contributed by atoms with Gasteiger partial charge in [0.15, 0.2) is 0 Å². The number of para-hydroxylation sites is 1. The third-order valence-electron chi connectivity index (χ3n) is 4.79. The molecule has 4 nitrogen and oxygen atoms in total. The Labute approximate surface area is 142 Å². The summed E-state index contributed by atoms with van der Waals surface area (Å²) in [6.45, 7) is 0. The molecule has 1 heterocycles. The van der Waals surface area contributed by atoms with Gasteiger partial charge in [-0.2, -0.15) is 0 Å². The molecular weight excluding hydrogens is 356 g/mol. The molecule has 0 radical (unpaired) electrons. The van der Waals surface area contributed by atoms with Crippen LogP contribution in [0.25, 0.3) is 0 Å². The first kappa shape index (κ1) is 14.5. The fourth-order valence-electron chi connectivity index (χ4n) is 3.79. The van der Waals surface area contributed by atoms with E-state index in [1.165, 1.54) is 5.56 Å². The van der Waals surface area contributed by atoms with Crippen molar-refractivity contribution in [2.75, 3.05) is 5.32 Å². The fourth-order valence-corrected chi connectivity index (χ4v) is 4.17. The Hall–Kier alpha value is -2.14. The fraction of sp³-hybridized carbons (Fsp3) is 0.222. The number of halogens is 1. The molecule has 0 aromatic heterocycles. The highest BCUT2D eigenvalue weighted by molar-refractivity contribution is 9.10. The van der Waals surface area contributed by atoms with Crippen molar-refractivity contribution < 1.29 is 4.92 Å². The second-order valence-electron chi connectivity index (χ2n) is 6.02. The summed E-state index contributed by atoms with van der Waals surface area (Å²) in [6, 6.07) is 13.2. The minimum atomic E-state index is -0.286. The van der Waals surface area contributed by atoms with E-state index in [4.69, 9.17) is 0 Å². The molecule has 0 saturated carbocycles. The van der Waals surface area contributed by atoms with Crippen LogP contribution in [0.2, 0.25) is 0 Å². The maximum atomic E-state index is 11.4. The lowest BCUT2D eigenvalue weighted by Crippen LogP contribution is -2.29. The molecule has 5 heteroatoms. The third-order valence-corrected chi connectivity index (χ3v) is 5.29. The van der Waals surface area contributed by atoms with Crippen LogP contribution in [0.15, 0.2) is 59.1 Å². The Morgan fingerprint density at radius 3 is 2.83 bits per heavy atom. The van der Waals surface area contributed by atoms with Gasteiger partial charge >= 0.3 is 0 Å². The van der Waals surface area contributed by atoms with Gasteiger partial charge in [-0.05, 0) is 36.1 Å². The van der Waals surface area contributed by atoms with Crippen LogP contribution in [-0.2, 0) is 0 Å². The first-order valence-electron chi connectivity index (χ1n) is 7.61. The van der Waals surface area contributed by atoms with E-state index in [1.807, 2.05) is 24.3 Å². The molecule has 3 atom stereocenters. The number of anilines is 1. The molecule has 116 valence electrons. The van der Waals surface area contributed by atoms with Crippen molar-refractivity contribution in [1.82, 2.24) is 0 Å². The van der Waals surface area contributed by atoms with Gasteiger partial charge in [-0.1, -0.05) is 46.3 Å². The summed E-state index contributed by atoms with van der Waals surface area (Å²) in [6.07, 6.45) is 5.35. The maximum Gasteiger partial charge on any atom is 0.274 e. The number of rotatable bonds is 2. The van der Waals surface area contributed by atoms with Crippen LogP contribution in [0.5, 0.6) is 0 Å². The van der Waals surface area contributed by atoms with Crippen LogP contribution in [0, 0.1) is 16.0 Å². The summed E-state index contributed by atoms with van der Waals surface area (Å²) in [4.78, 5) is 11.1. The van der Waals surface area contributed by atoms with E-state index in [9.17, 15) is 10.1 Å².